The van der Waals surface area contributed by atoms with Crippen molar-refractivity contribution in [2.75, 3.05) is 31.6 Å². The first-order valence-corrected chi connectivity index (χ1v) is 10.5. The zero-order valence-corrected chi connectivity index (χ0v) is 17.6. The van der Waals surface area contributed by atoms with Crippen LogP contribution in [0.1, 0.15) is 28.8 Å². The fourth-order valence-corrected chi connectivity index (χ4v) is 4.38. The van der Waals surface area contributed by atoms with Gasteiger partial charge in [-0.2, -0.15) is 0 Å². The first kappa shape index (κ1) is 19.0. The highest BCUT2D eigenvalue weighted by Crippen LogP contribution is 2.27. The predicted molar refractivity (Wildman–Crippen MR) is 113 cm³/mol. The summed E-state index contributed by atoms with van der Waals surface area (Å²) < 4.78 is 0.936. The minimum Gasteiger partial charge on any atom is -0.373 e. The van der Waals surface area contributed by atoms with Crippen molar-refractivity contribution in [1.29, 1.82) is 0 Å². The number of rotatable bonds is 2. The SMILES string of the molecule is CN1CCN(C(=O)C2CCCN2C(=O)c2ccc(Br)cc2)Cc2ccccc21. The summed E-state index contributed by atoms with van der Waals surface area (Å²) in [5, 5.41) is 0. The van der Waals surface area contributed by atoms with E-state index in [1.165, 1.54) is 5.69 Å². The second-order valence-corrected chi connectivity index (χ2v) is 8.39. The van der Waals surface area contributed by atoms with Gasteiger partial charge in [-0.1, -0.05) is 34.1 Å². The number of halogens is 1. The number of amides is 2. The molecule has 0 N–H and O–H groups in total. The molecule has 1 atom stereocenters. The largest absolute Gasteiger partial charge is 0.373 e. The minimum atomic E-state index is -0.369. The number of hydrogen-bond donors (Lipinski definition) is 0. The number of anilines is 1. The summed E-state index contributed by atoms with van der Waals surface area (Å²) in [7, 11) is 2.06. The van der Waals surface area contributed by atoms with Gasteiger partial charge >= 0.3 is 0 Å². The molecule has 2 aliphatic rings. The van der Waals surface area contributed by atoms with Crippen molar-refractivity contribution >= 4 is 33.4 Å². The lowest BCUT2D eigenvalue weighted by molar-refractivity contribution is -0.135. The van der Waals surface area contributed by atoms with Crippen LogP contribution in [0.15, 0.2) is 53.0 Å². The first-order valence-electron chi connectivity index (χ1n) is 9.69. The summed E-state index contributed by atoms with van der Waals surface area (Å²) >= 11 is 3.40. The normalized spacial score (nSPS) is 19.4. The maximum Gasteiger partial charge on any atom is 0.254 e. The number of fused-ring (bicyclic) bond motifs is 1. The second kappa shape index (κ2) is 7.95. The third kappa shape index (κ3) is 3.65. The smallest absolute Gasteiger partial charge is 0.254 e. The Morgan fingerprint density at radius 1 is 1.00 bits per heavy atom. The molecule has 1 fully saturated rings. The highest BCUT2D eigenvalue weighted by atomic mass is 79.9. The van der Waals surface area contributed by atoms with Crippen molar-refractivity contribution in [2.24, 2.45) is 0 Å². The van der Waals surface area contributed by atoms with Crippen LogP contribution in [0.3, 0.4) is 0 Å². The minimum absolute atomic E-state index is 0.0595. The average Bonchev–Trinajstić information content (AvgIpc) is 3.14. The lowest BCUT2D eigenvalue weighted by atomic mass is 10.1. The van der Waals surface area contributed by atoms with Crippen molar-refractivity contribution in [3.63, 3.8) is 0 Å². The molecule has 4 rings (SSSR count). The van der Waals surface area contributed by atoms with Gasteiger partial charge in [0.15, 0.2) is 0 Å². The Kier molecular flexibility index (Phi) is 5.40. The van der Waals surface area contributed by atoms with E-state index in [0.29, 0.717) is 25.2 Å². The molecule has 2 heterocycles. The van der Waals surface area contributed by atoms with E-state index in [1.54, 1.807) is 4.90 Å². The molecule has 2 aliphatic heterocycles. The summed E-state index contributed by atoms with van der Waals surface area (Å²) in [5.74, 6) is 0.00348. The van der Waals surface area contributed by atoms with E-state index in [0.717, 1.165) is 29.4 Å². The number of hydrogen-bond acceptors (Lipinski definition) is 3. The third-order valence-electron chi connectivity index (χ3n) is 5.67. The summed E-state index contributed by atoms with van der Waals surface area (Å²) in [4.78, 5) is 32.3. The van der Waals surface area contributed by atoms with Gasteiger partial charge in [0.1, 0.15) is 6.04 Å². The summed E-state index contributed by atoms with van der Waals surface area (Å²) in [6, 6.07) is 15.2. The number of carbonyl (C=O) groups excluding carboxylic acids is 2. The highest BCUT2D eigenvalue weighted by Gasteiger charge is 2.37. The molecule has 0 saturated carbocycles. The summed E-state index contributed by atoms with van der Waals surface area (Å²) in [5.41, 5.74) is 2.95. The van der Waals surface area contributed by atoms with Crippen LogP contribution in [0, 0.1) is 0 Å². The molecule has 2 amide bonds. The van der Waals surface area contributed by atoms with Crippen LogP contribution in [-0.4, -0.2) is 54.3 Å². The molecule has 0 radical (unpaired) electrons. The zero-order chi connectivity index (χ0) is 19.7. The lowest BCUT2D eigenvalue weighted by Gasteiger charge is -2.30. The molecule has 28 heavy (non-hydrogen) atoms. The molecule has 2 aromatic carbocycles. The molecule has 0 aromatic heterocycles. The van der Waals surface area contributed by atoms with Gasteiger partial charge in [-0.3, -0.25) is 9.59 Å². The van der Waals surface area contributed by atoms with Gasteiger partial charge in [-0.05, 0) is 48.7 Å². The monoisotopic (exact) mass is 441 g/mol. The van der Waals surface area contributed by atoms with Gasteiger partial charge < -0.3 is 14.7 Å². The molecular weight excluding hydrogens is 418 g/mol. The van der Waals surface area contributed by atoms with E-state index < -0.39 is 0 Å². The van der Waals surface area contributed by atoms with E-state index in [9.17, 15) is 9.59 Å². The van der Waals surface area contributed by atoms with Crippen LogP contribution in [0.5, 0.6) is 0 Å². The van der Waals surface area contributed by atoms with E-state index in [2.05, 4.69) is 40.0 Å². The average molecular weight is 442 g/mol. The maximum atomic E-state index is 13.4. The Bertz CT molecular complexity index is 884. The van der Waals surface area contributed by atoms with Gasteiger partial charge in [0, 0.05) is 49.0 Å². The van der Waals surface area contributed by atoms with Crippen molar-refractivity contribution < 1.29 is 9.59 Å². The topological polar surface area (TPSA) is 43.9 Å². The highest BCUT2D eigenvalue weighted by molar-refractivity contribution is 9.10. The van der Waals surface area contributed by atoms with Crippen LogP contribution >= 0.6 is 15.9 Å². The quantitative estimate of drug-likeness (QED) is 0.715. The number of benzene rings is 2. The molecule has 6 heteroatoms. The molecule has 5 nitrogen and oxygen atoms in total. The molecule has 0 spiro atoms. The van der Waals surface area contributed by atoms with Crippen LogP contribution in [-0.2, 0) is 11.3 Å². The first-order chi connectivity index (χ1) is 13.5. The lowest BCUT2D eigenvalue weighted by Crippen LogP contribution is -2.48. The van der Waals surface area contributed by atoms with E-state index in [1.807, 2.05) is 41.3 Å². The van der Waals surface area contributed by atoms with Gasteiger partial charge in [-0.15, -0.1) is 0 Å². The Morgan fingerprint density at radius 2 is 1.75 bits per heavy atom. The summed E-state index contributed by atoms with van der Waals surface area (Å²) in [6.45, 7) is 2.68. The Balaban J connectivity index is 1.54. The molecule has 0 aliphatic carbocycles. The van der Waals surface area contributed by atoms with Crippen molar-refractivity contribution in [3.05, 3.63) is 64.1 Å². The van der Waals surface area contributed by atoms with Gasteiger partial charge in [-0.25, -0.2) is 0 Å². The van der Waals surface area contributed by atoms with Crippen LogP contribution < -0.4 is 4.90 Å². The maximum absolute atomic E-state index is 13.4. The number of likely N-dealkylation sites (tertiary alicyclic amines) is 1. The van der Waals surface area contributed by atoms with Crippen molar-refractivity contribution in [1.82, 2.24) is 9.80 Å². The zero-order valence-electron chi connectivity index (χ0n) is 16.0. The van der Waals surface area contributed by atoms with Crippen LogP contribution in [0.4, 0.5) is 5.69 Å². The van der Waals surface area contributed by atoms with Gasteiger partial charge in [0.05, 0.1) is 0 Å². The number of carbonyl (C=O) groups is 2. The predicted octanol–water partition coefficient (Wildman–Crippen LogP) is 3.53. The molecule has 1 unspecified atom stereocenters. The van der Waals surface area contributed by atoms with Crippen molar-refractivity contribution in [3.8, 4) is 0 Å². The Labute approximate surface area is 174 Å². The van der Waals surface area contributed by atoms with E-state index >= 15 is 0 Å². The third-order valence-corrected chi connectivity index (χ3v) is 6.20. The molecular formula is C22H24BrN3O2. The summed E-state index contributed by atoms with van der Waals surface area (Å²) in [6.07, 6.45) is 1.60. The molecule has 1 saturated heterocycles. The number of nitrogens with zero attached hydrogens (tertiary/aromatic N) is 3. The molecule has 146 valence electrons. The van der Waals surface area contributed by atoms with Crippen LogP contribution in [0.25, 0.3) is 0 Å². The van der Waals surface area contributed by atoms with Crippen LogP contribution in [0.2, 0.25) is 0 Å². The Morgan fingerprint density at radius 3 is 2.54 bits per heavy atom. The van der Waals surface area contributed by atoms with Gasteiger partial charge in [0.2, 0.25) is 5.91 Å². The van der Waals surface area contributed by atoms with E-state index in [4.69, 9.17) is 0 Å². The van der Waals surface area contributed by atoms with Gasteiger partial charge in [0.25, 0.3) is 5.91 Å². The standard InChI is InChI=1S/C22H24BrN3O2/c1-24-13-14-25(15-17-5-2-3-6-19(17)24)22(28)20-7-4-12-26(20)21(27)16-8-10-18(23)11-9-16/h2-3,5-6,8-11,20H,4,7,12-15H2,1H3. The van der Waals surface area contributed by atoms with E-state index in [-0.39, 0.29) is 17.9 Å². The number of likely N-dealkylation sites (N-methyl/N-ethyl adjacent to an activating group) is 1. The fourth-order valence-electron chi connectivity index (χ4n) is 4.12. The molecule has 0 bridgehead atoms. The molecule has 2 aromatic rings. The number of para-hydroxylation sites is 1. The fraction of sp³-hybridized carbons (Fsp3) is 0.364. The van der Waals surface area contributed by atoms with Crippen molar-refractivity contribution in [2.45, 2.75) is 25.4 Å². The second-order valence-electron chi connectivity index (χ2n) is 7.47. The Hall–Kier alpha value is -2.34.